The molecule has 2 nitrogen and oxygen atoms in total. The predicted octanol–water partition coefficient (Wildman–Crippen LogP) is 3.61. The van der Waals surface area contributed by atoms with Gasteiger partial charge in [0.1, 0.15) is 0 Å². The van der Waals surface area contributed by atoms with E-state index < -0.39 is 5.79 Å². The molecule has 0 aromatic heterocycles. The molecule has 4 heteroatoms. The van der Waals surface area contributed by atoms with Gasteiger partial charge < -0.3 is 9.47 Å². The molecule has 1 saturated heterocycles. The lowest BCUT2D eigenvalue weighted by molar-refractivity contribution is -0.155. The quantitative estimate of drug-likeness (QED) is 0.626. The van der Waals surface area contributed by atoms with Crippen molar-refractivity contribution in [2.45, 2.75) is 54.0 Å². The lowest BCUT2D eigenvalue weighted by atomic mass is 10.0. The van der Waals surface area contributed by atoms with Gasteiger partial charge in [0.15, 0.2) is 5.79 Å². The molecule has 2 aliphatic rings. The van der Waals surface area contributed by atoms with E-state index in [-0.39, 0.29) is 0 Å². The fourth-order valence-corrected chi connectivity index (χ4v) is 4.57. The zero-order chi connectivity index (χ0) is 10.7. The second-order valence-electron chi connectivity index (χ2n) is 4.34. The van der Waals surface area contributed by atoms with Crippen LogP contribution in [0.3, 0.4) is 0 Å². The van der Waals surface area contributed by atoms with Crippen molar-refractivity contribution in [2.24, 2.45) is 0 Å². The van der Waals surface area contributed by atoms with Crippen LogP contribution in [0.2, 0.25) is 0 Å². The third kappa shape index (κ3) is 2.59. The summed E-state index contributed by atoms with van der Waals surface area (Å²) in [5.74, 6) is -0.412. The Bertz CT molecular complexity index is 189. The number of hydrogen-bond acceptors (Lipinski definition) is 2. The van der Waals surface area contributed by atoms with Crippen LogP contribution in [0.15, 0.2) is 0 Å². The Balaban J connectivity index is 2.12. The third-order valence-electron chi connectivity index (χ3n) is 3.28. The summed E-state index contributed by atoms with van der Waals surface area (Å²) in [6, 6.07) is 0. The average molecular weight is 342 g/mol. The standard InChI is InChI=1S/C11H18Br2O2/c12-9-5-3-1-2-4-6-10(13)11(9)14-7-8-15-11/h9-10H,1-8H2. The smallest absolute Gasteiger partial charge is 0.193 e. The first kappa shape index (κ1) is 12.3. The van der Waals surface area contributed by atoms with Crippen LogP contribution in [-0.2, 0) is 9.47 Å². The molecule has 88 valence electrons. The predicted molar refractivity (Wildman–Crippen MR) is 67.8 cm³/mol. The average Bonchev–Trinajstić information content (AvgIpc) is 2.72. The summed E-state index contributed by atoms with van der Waals surface area (Å²) in [5.41, 5.74) is 0. The maximum Gasteiger partial charge on any atom is 0.193 e. The molecule has 1 saturated carbocycles. The van der Waals surface area contributed by atoms with E-state index in [2.05, 4.69) is 31.9 Å². The van der Waals surface area contributed by atoms with Crippen molar-refractivity contribution in [1.29, 1.82) is 0 Å². The summed E-state index contributed by atoms with van der Waals surface area (Å²) in [6.45, 7) is 1.45. The van der Waals surface area contributed by atoms with Gasteiger partial charge in [-0.3, -0.25) is 0 Å². The molecule has 2 rings (SSSR count). The number of alkyl halides is 2. The molecule has 2 unspecified atom stereocenters. The van der Waals surface area contributed by atoms with Crippen LogP contribution < -0.4 is 0 Å². The maximum atomic E-state index is 5.88. The highest BCUT2D eigenvalue weighted by Gasteiger charge is 2.48. The minimum Gasteiger partial charge on any atom is -0.345 e. The van der Waals surface area contributed by atoms with Crippen LogP contribution in [0.4, 0.5) is 0 Å². The van der Waals surface area contributed by atoms with Crippen LogP contribution in [0, 0.1) is 0 Å². The van der Waals surface area contributed by atoms with Gasteiger partial charge in [0.25, 0.3) is 0 Å². The van der Waals surface area contributed by atoms with Crippen molar-refractivity contribution in [3.05, 3.63) is 0 Å². The molecular formula is C11H18Br2O2. The Hall–Kier alpha value is 0.880. The molecule has 0 aromatic carbocycles. The van der Waals surface area contributed by atoms with Crippen LogP contribution in [-0.4, -0.2) is 28.7 Å². The van der Waals surface area contributed by atoms with Crippen LogP contribution in [0.25, 0.3) is 0 Å². The molecule has 0 radical (unpaired) electrons. The van der Waals surface area contributed by atoms with E-state index in [1.807, 2.05) is 0 Å². The second kappa shape index (κ2) is 5.48. The highest BCUT2D eigenvalue weighted by atomic mass is 79.9. The summed E-state index contributed by atoms with van der Waals surface area (Å²) >= 11 is 7.50. The number of hydrogen-bond donors (Lipinski definition) is 0. The molecular weight excluding hydrogens is 324 g/mol. The van der Waals surface area contributed by atoms with Gasteiger partial charge in [-0.25, -0.2) is 0 Å². The molecule has 0 bridgehead atoms. The summed E-state index contributed by atoms with van der Waals surface area (Å²) in [7, 11) is 0. The van der Waals surface area contributed by atoms with Crippen molar-refractivity contribution in [2.75, 3.05) is 13.2 Å². The molecule has 1 aliphatic heterocycles. The van der Waals surface area contributed by atoms with Gasteiger partial charge in [-0.2, -0.15) is 0 Å². The van der Waals surface area contributed by atoms with E-state index in [1.54, 1.807) is 0 Å². The van der Waals surface area contributed by atoms with E-state index in [1.165, 1.54) is 25.7 Å². The van der Waals surface area contributed by atoms with Crippen LogP contribution in [0.1, 0.15) is 38.5 Å². The van der Waals surface area contributed by atoms with Crippen molar-refractivity contribution < 1.29 is 9.47 Å². The zero-order valence-corrected chi connectivity index (χ0v) is 12.1. The first-order valence-corrected chi connectivity index (χ1v) is 7.65. The summed E-state index contributed by atoms with van der Waals surface area (Å²) in [6.07, 6.45) is 7.48. The Morgan fingerprint density at radius 1 is 0.800 bits per heavy atom. The van der Waals surface area contributed by atoms with E-state index in [0.29, 0.717) is 9.65 Å². The first-order valence-electron chi connectivity index (χ1n) is 5.82. The topological polar surface area (TPSA) is 18.5 Å². The highest BCUT2D eigenvalue weighted by Crippen LogP contribution is 2.41. The summed E-state index contributed by atoms with van der Waals surface area (Å²) < 4.78 is 11.8. The van der Waals surface area contributed by atoms with E-state index >= 15 is 0 Å². The van der Waals surface area contributed by atoms with Crippen molar-refractivity contribution in [1.82, 2.24) is 0 Å². The largest absolute Gasteiger partial charge is 0.345 e. The van der Waals surface area contributed by atoms with Gasteiger partial charge >= 0.3 is 0 Å². The fourth-order valence-electron chi connectivity index (χ4n) is 2.40. The van der Waals surface area contributed by atoms with Gasteiger partial charge in [-0.15, -0.1) is 0 Å². The van der Waals surface area contributed by atoms with E-state index in [4.69, 9.17) is 9.47 Å². The van der Waals surface area contributed by atoms with Crippen molar-refractivity contribution in [3.63, 3.8) is 0 Å². The van der Waals surface area contributed by atoms with E-state index in [0.717, 1.165) is 26.1 Å². The number of ether oxygens (including phenoxy) is 2. The molecule has 1 spiro atoms. The van der Waals surface area contributed by atoms with Crippen LogP contribution in [0.5, 0.6) is 0 Å². The molecule has 1 aliphatic carbocycles. The monoisotopic (exact) mass is 340 g/mol. The SMILES string of the molecule is BrC1CCCCCCC(Br)C12OCCO2. The Kier molecular flexibility index (Phi) is 4.50. The summed E-state index contributed by atoms with van der Waals surface area (Å²) in [4.78, 5) is 0.630. The van der Waals surface area contributed by atoms with Crippen molar-refractivity contribution in [3.8, 4) is 0 Å². The highest BCUT2D eigenvalue weighted by molar-refractivity contribution is 9.10. The van der Waals surface area contributed by atoms with E-state index in [9.17, 15) is 0 Å². The molecule has 15 heavy (non-hydrogen) atoms. The fraction of sp³-hybridized carbons (Fsp3) is 1.00. The lowest BCUT2D eigenvalue weighted by Gasteiger charge is -2.36. The minimum absolute atomic E-state index is 0.315. The molecule has 1 heterocycles. The molecule has 2 fully saturated rings. The molecule has 0 N–H and O–H groups in total. The first-order chi connectivity index (χ1) is 7.26. The molecule has 2 atom stereocenters. The van der Waals surface area contributed by atoms with Crippen molar-refractivity contribution >= 4 is 31.9 Å². The minimum atomic E-state index is -0.412. The van der Waals surface area contributed by atoms with Gasteiger partial charge in [0.05, 0.1) is 22.9 Å². The third-order valence-corrected chi connectivity index (χ3v) is 5.47. The maximum absolute atomic E-state index is 5.88. The molecule has 0 amide bonds. The second-order valence-corrected chi connectivity index (χ2v) is 6.56. The van der Waals surface area contributed by atoms with Gasteiger partial charge in [0, 0.05) is 0 Å². The molecule has 0 aromatic rings. The normalized spacial score (nSPS) is 37.2. The zero-order valence-electron chi connectivity index (χ0n) is 8.88. The van der Waals surface area contributed by atoms with Crippen LogP contribution >= 0.6 is 31.9 Å². The van der Waals surface area contributed by atoms with Gasteiger partial charge in [-0.1, -0.05) is 57.5 Å². The Morgan fingerprint density at radius 2 is 1.27 bits per heavy atom. The number of halogens is 2. The Labute approximate surface area is 108 Å². The Morgan fingerprint density at radius 3 is 1.73 bits per heavy atom. The number of rotatable bonds is 0. The lowest BCUT2D eigenvalue weighted by Crippen LogP contribution is -2.48. The van der Waals surface area contributed by atoms with Gasteiger partial charge in [0.2, 0.25) is 0 Å². The summed E-state index contributed by atoms with van der Waals surface area (Å²) in [5, 5.41) is 0. The van der Waals surface area contributed by atoms with Gasteiger partial charge in [-0.05, 0) is 12.8 Å².